The zero-order chi connectivity index (χ0) is 11.0. The minimum absolute atomic E-state index is 0.346. The number of rotatable bonds is 1. The molecule has 0 spiro atoms. The van der Waals surface area contributed by atoms with Gasteiger partial charge in [0, 0.05) is 12.2 Å². The van der Waals surface area contributed by atoms with E-state index in [1.165, 1.54) is 5.56 Å². The Morgan fingerprint density at radius 1 is 1.47 bits per heavy atom. The second-order valence-electron chi connectivity index (χ2n) is 4.15. The lowest BCUT2D eigenvalue weighted by Gasteiger charge is -2.26. The number of hydrogen-bond donors (Lipinski definition) is 2. The van der Waals surface area contributed by atoms with Crippen molar-refractivity contribution in [3.8, 4) is 0 Å². The van der Waals surface area contributed by atoms with Gasteiger partial charge in [0.1, 0.15) is 0 Å². The number of anilines is 1. The first-order valence-electron chi connectivity index (χ1n) is 5.17. The summed E-state index contributed by atoms with van der Waals surface area (Å²) >= 11 is 0. The van der Waals surface area contributed by atoms with E-state index in [1.54, 1.807) is 0 Å². The molecule has 0 aromatic heterocycles. The van der Waals surface area contributed by atoms with Crippen LogP contribution in [0.2, 0.25) is 0 Å². The molecule has 15 heavy (non-hydrogen) atoms. The number of carboxylic acid groups (broad SMARTS) is 1. The van der Waals surface area contributed by atoms with E-state index in [0.29, 0.717) is 6.42 Å². The summed E-state index contributed by atoms with van der Waals surface area (Å²) < 4.78 is 0. The third-order valence-electron chi connectivity index (χ3n) is 2.93. The molecule has 1 heterocycles. The maximum Gasteiger partial charge on any atom is 0.311 e. The molecule has 1 aromatic rings. The van der Waals surface area contributed by atoms with Crippen LogP contribution in [0.25, 0.3) is 0 Å². The van der Waals surface area contributed by atoms with Gasteiger partial charge in [0.15, 0.2) is 0 Å². The summed E-state index contributed by atoms with van der Waals surface area (Å²) in [4.78, 5) is 11.1. The fourth-order valence-corrected chi connectivity index (χ4v) is 2.33. The SMILES string of the molecule is Cc1cc(C)c2c(c1)NCCC2C(=O)O. The van der Waals surface area contributed by atoms with Gasteiger partial charge >= 0.3 is 5.97 Å². The van der Waals surface area contributed by atoms with Crippen molar-refractivity contribution < 1.29 is 9.90 Å². The van der Waals surface area contributed by atoms with Gasteiger partial charge in [-0.2, -0.15) is 0 Å². The first kappa shape index (κ1) is 10.0. The predicted octanol–water partition coefficient (Wildman–Crippen LogP) is 2.29. The summed E-state index contributed by atoms with van der Waals surface area (Å²) in [6.07, 6.45) is 0.673. The molecule has 0 amide bonds. The van der Waals surface area contributed by atoms with Crippen LogP contribution in [-0.2, 0) is 4.79 Å². The summed E-state index contributed by atoms with van der Waals surface area (Å²) in [5.74, 6) is -1.06. The van der Waals surface area contributed by atoms with Crippen LogP contribution in [0.3, 0.4) is 0 Å². The molecule has 1 aliphatic rings. The van der Waals surface area contributed by atoms with E-state index in [4.69, 9.17) is 5.11 Å². The average Bonchev–Trinajstić information content (AvgIpc) is 2.16. The van der Waals surface area contributed by atoms with Crippen molar-refractivity contribution in [1.82, 2.24) is 0 Å². The van der Waals surface area contributed by atoms with Crippen LogP contribution in [0.15, 0.2) is 12.1 Å². The average molecular weight is 205 g/mol. The molecule has 1 atom stereocenters. The molecule has 0 saturated heterocycles. The second kappa shape index (κ2) is 3.57. The highest BCUT2D eigenvalue weighted by atomic mass is 16.4. The topological polar surface area (TPSA) is 49.3 Å². The summed E-state index contributed by atoms with van der Waals surface area (Å²) in [6.45, 7) is 4.75. The standard InChI is InChI=1S/C12H15NO2/c1-7-5-8(2)11-9(12(14)15)3-4-13-10(11)6-7/h5-6,9,13H,3-4H2,1-2H3,(H,14,15). The van der Waals surface area contributed by atoms with E-state index < -0.39 is 5.97 Å². The summed E-state index contributed by atoms with van der Waals surface area (Å²) in [5.41, 5.74) is 4.19. The van der Waals surface area contributed by atoms with E-state index in [-0.39, 0.29) is 5.92 Å². The zero-order valence-corrected chi connectivity index (χ0v) is 9.00. The Hall–Kier alpha value is -1.51. The molecule has 0 saturated carbocycles. The van der Waals surface area contributed by atoms with Gasteiger partial charge in [0.05, 0.1) is 5.92 Å². The maximum absolute atomic E-state index is 11.1. The van der Waals surface area contributed by atoms with E-state index >= 15 is 0 Å². The first-order valence-corrected chi connectivity index (χ1v) is 5.17. The lowest BCUT2D eigenvalue weighted by atomic mass is 9.87. The Morgan fingerprint density at radius 2 is 2.20 bits per heavy atom. The summed E-state index contributed by atoms with van der Waals surface area (Å²) in [5, 5.41) is 12.4. The van der Waals surface area contributed by atoms with Crippen molar-refractivity contribution in [2.45, 2.75) is 26.2 Å². The maximum atomic E-state index is 11.1. The van der Waals surface area contributed by atoms with Crippen molar-refractivity contribution in [3.05, 3.63) is 28.8 Å². The van der Waals surface area contributed by atoms with Crippen LogP contribution < -0.4 is 5.32 Å². The monoisotopic (exact) mass is 205 g/mol. The highest BCUT2D eigenvalue weighted by Gasteiger charge is 2.27. The first-order chi connectivity index (χ1) is 7.09. The van der Waals surface area contributed by atoms with Gasteiger partial charge in [-0.15, -0.1) is 0 Å². The van der Waals surface area contributed by atoms with Crippen molar-refractivity contribution in [1.29, 1.82) is 0 Å². The van der Waals surface area contributed by atoms with E-state index in [0.717, 1.165) is 23.4 Å². The minimum Gasteiger partial charge on any atom is -0.481 e. The van der Waals surface area contributed by atoms with Gasteiger partial charge in [-0.3, -0.25) is 4.79 Å². The normalized spacial score (nSPS) is 19.2. The predicted molar refractivity (Wildman–Crippen MR) is 59.4 cm³/mol. The number of aryl methyl sites for hydroxylation is 2. The smallest absolute Gasteiger partial charge is 0.311 e. The Kier molecular flexibility index (Phi) is 2.39. The number of aliphatic carboxylic acids is 1. The van der Waals surface area contributed by atoms with Gasteiger partial charge < -0.3 is 10.4 Å². The lowest BCUT2D eigenvalue weighted by molar-refractivity contribution is -0.139. The van der Waals surface area contributed by atoms with Gasteiger partial charge in [-0.25, -0.2) is 0 Å². The minimum atomic E-state index is -0.718. The molecule has 2 rings (SSSR count). The van der Waals surface area contributed by atoms with Crippen molar-refractivity contribution in [2.24, 2.45) is 0 Å². The molecule has 80 valence electrons. The van der Waals surface area contributed by atoms with Gasteiger partial charge in [-0.1, -0.05) is 6.07 Å². The largest absolute Gasteiger partial charge is 0.481 e. The number of benzene rings is 1. The molecule has 0 radical (unpaired) electrons. The second-order valence-corrected chi connectivity index (χ2v) is 4.15. The lowest BCUT2D eigenvalue weighted by Crippen LogP contribution is -2.23. The quantitative estimate of drug-likeness (QED) is 0.739. The van der Waals surface area contributed by atoms with Crippen LogP contribution in [0.4, 0.5) is 5.69 Å². The highest BCUT2D eigenvalue weighted by molar-refractivity contribution is 5.81. The molecular formula is C12H15NO2. The molecule has 1 aromatic carbocycles. The van der Waals surface area contributed by atoms with Crippen LogP contribution in [0.1, 0.15) is 29.0 Å². The molecule has 0 aliphatic carbocycles. The fraction of sp³-hybridized carbons (Fsp3) is 0.417. The number of carboxylic acids is 1. The Labute approximate surface area is 89.1 Å². The Morgan fingerprint density at radius 3 is 2.87 bits per heavy atom. The van der Waals surface area contributed by atoms with E-state index in [2.05, 4.69) is 5.32 Å². The third-order valence-corrected chi connectivity index (χ3v) is 2.93. The molecule has 1 unspecified atom stereocenters. The molecule has 1 aliphatic heterocycles. The molecule has 2 N–H and O–H groups in total. The van der Waals surface area contributed by atoms with Crippen LogP contribution in [0, 0.1) is 13.8 Å². The third kappa shape index (κ3) is 1.69. The Bertz CT molecular complexity index is 412. The van der Waals surface area contributed by atoms with Crippen LogP contribution in [0.5, 0.6) is 0 Å². The van der Waals surface area contributed by atoms with Crippen molar-refractivity contribution in [3.63, 3.8) is 0 Å². The number of carbonyl (C=O) groups is 1. The van der Waals surface area contributed by atoms with Crippen molar-refractivity contribution >= 4 is 11.7 Å². The fourth-order valence-electron chi connectivity index (χ4n) is 2.33. The molecule has 0 fully saturated rings. The van der Waals surface area contributed by atoms with E-state index in [1.807, 2.05) is 26.0 Å². The molecule has 3 nitrogen and oxygen atoms in total. The number of nitrogens with one attached hydrogen (secondary N) is 1. The molecule has 0 bridgehead atoms. The molecule has 3 heteroatoms. The van der Waals surface area contributed by atoms with Gasteiger partial charge in [0.25, 0.3) is 0 Å². The number of fused-ring (bicyclic) bond motifs is 1. The molecular weight excluding hydrogens is 190 g/mol. The Balaban J connectivity index is 2.55. The van der Waals surface area contributed by atoms with E-state index in [9.17, 15) is 4.79 Å². The number of hydrogen-bond acceptors (Lipinski definition) is 2. The zero-order valence-electron chi connectivity index (χ0n) is 9.00. The van der Waals surface area contributed by atoms with Crippen molar-refractivity contribution in [2.75, 3.05) is 11.9 Å². The van der Waals surface area contributed by atoms with Crippen LogP contribution >= 0.6 is 0 Å². The highest BCUT2D eigenvalue weighted by Crippen LogP contribution is 2.35. The van der Waals surface area contributed by atoms with Gasteiger partial charge in [0.2, 0.25) is 0 Å². The van der Waals surface area contributed by atoms with Gasteiger partial charge in [-0.05, 0) is 43.0 Å². The van der Waals surface area contributed by atoms with Crippen LogP contribution in [-0.4, -0.2) is 17.6 Å². The summed E-state index contributed by atoms with van der Waals surface area (Å²) in [7, 11) is 0. The summed E-state index contributed by atoms with van der Waals surface area (Å²) in [6, 6.07) is 4.07.